The van der Waals surface area contributed by atoms with Crippen LogP contribution in [0.2, 0.25) is 0 Å². The Bertz CT molecular complexity index is 327. The monoisotopic (exact) mass is 312 g/mol. The zero-order valence-corrected chi connectivity index (χ0v) is 15.7. The number of nitrogens with one attached hydrogen (secondary N) is 1. The molecule has 0 amide bonds. The summed E-state index contributed by atoms with van der Waals surface area (Å²) in [7, 11) is 0. The molecule has 124 valence electrons. The standard InChI is InChI=1S/C18H36N2S/c1-6-9-19-16-7-8-17(2,3)12-15(16)13-20-10-11-21-18(4,5)14-20/h15-16,19H,6-14H2,1-5H3. The Labute approximate surface area is 136 Å². The summed E-state index contributed by atoms with van der Waals surface area (Å²) in [6, 6.07) is 0.746. The predicted octanol–water partition coefficient (Wildman–Crippen LogP) is 4.01. The van der Waals surface area contributed by atoms with E-state index >= 15 is 0 Å². The van der Waals surface area contributed by atoms with Crippen molar-refractivity contribution < 1.29 is 0 Å². The van der Waals surface area contributed by atoms with E-state index < -0.39 is 0 Å². The molecule has 2 fully saturated rings. The minimum atomic E-state index is 0.439. The molecule has 21 heavy (non-hydrogen) atoms. The Morgan fingerprint density at radius 3 is 2.67 bits per heavy atom. The van der Waals surface area contributed by atoms with Gasteiger partial charge in [0.05, 0.1) is 0 Å². The summed E-state index contributed by atoms with van der Waals surface area (Å²) in [5.41, 5.74) is 0.537. The van der Waals surface area contributed by atoms with Gasteiger partial charge < -0.3 is 10.2 Å². The van der Waals surface area contributed by atoms with E-state index in [0.29, 0.717) is 10.2 Å². The largest absolute Gasteiger partial charge is 0.314 e. The molecule has 0 aromatic heterocycles. The second-order valence-electron chi connectivity index (χ2n) is 8.57. The first-order chi connectivity index (χ1) is 9.81. The molecule has 0 bridgehead atoms. The SMILES string of the molecule is CCCNC1CCC(C)(C)CC1CN1CCSC(C)(C)C1. The normalized spacial score (nSPS) is 33.0. The molecule has 1 saturated carbocycles. The summed E-state index contributed by atoms with van der Waals surface area (Å²) in [6.45, 7) is 17.0. The van der Waals surface area contributed by atoms with Crippen LogP contribution in [0.3, 0.4) is 0 Å². The van der Waals surface area contributed by atoms with E-state index in [1.807, 2.05) is 0 Å². The predicted molar refractivity (Wildman–Crippen MR) is 96.2 cm³/mol. The smallest absolute Gasteiger partial charge is 0.0231 e. The van der Waals surface area contributed by atoms with Gasteiger partial charge in [-0.05, 0) is 57.4 Å². The molecule has 2 aliphatic rings. The van der Waals surface area contributed by atoms with Crippen LogP contribution in [0.15, 0.2) is 0 Å². The minimum Gasteiger partial charge on any atom is -0.314 e. The Hall–Kier alpha value is 0.270. The number of hydrogen-bond acceptors (Lipinski definition) is 3. The van der Waals surface area contributed by atoms with E-state index in [0.717, 1.165) is 12.0 Å². The highest BCUT2D eigenvalue weighted by molar-refractivity contribution is 8.00. The molecule has 0 radical (unpaired) electrons. The Morgan fingerprint density at radius 1 is 1.24 bits per heavy atom. The van der Waals surface area contributed by atoms with Crippen molar-refractivity contribution >= 4 is 11.8 Å². The number of thioether (sulfide) groups is 1. The van der Waals surface area contributed by atoms with Crippen molar-refractivity contribution in [2.45, 2.75) is 71.1 Å². The number of nitrogens with zero attached hydrogens (tertiary/aromatic N) is 1. The Kier molecular flexibility index (Phi) is 6.07. The lowest BCUT2D eigenvalue weighted by Crippen LogP contribution is -2.51. The second-order valence-corrected chi connectivity index (χ2v) is 10.4. The van der Waals surface area contributed by atoms with E-state index in [1.165, 1.54) is 57.6 Å². The van der Waals surface area contributed by atoms with Crippen LogP contribution in [0.1, 0.15) is 60.3 Å². The molecule has 0 aromatic carbocycles. The van der Waals surface area contributed by atoms with Gasteiger partial charge in [-0.2, -0.15) is 11.8 Å². The maximum Gasteiger partial charge on any atom is 0.0231 e. The van der Waals surface area contributed by atoms with Crippen LogP contribution in [-0.4, -0.2) is 47.6 Å². The average Bonchev–Trinajstić information content (AvgIpc) is 2.36. The summed E-state index contributed by atoms with van der Waals surface area (Å²) in [4.78, 5) is 2.74. The van der Waals surface area contributed by atoms with Gasteiger partial charge in [0.1, 0.15) is 0 Å². The molecule has 2 nitrogen and oxygen atoms in total. The highest BCUT2D eigenvalue weighted by atomic mass is 32.2. The molecular formula is C18H36N2S. The van der Waals surface area contributed by atoms with Gasteiger partial charge in [-0.15, -0.1) is 0 Å². The number of rotatable bonds is 5. The molecule has 1 aliphatic carbocycles. The summed E-state index contributed by atoms with van der Waals surface area (Å²) >= 11 is 2.14. The quantitative estimate of drug-likeness (QED) is 0.826. The molecule has 2 rings (SSSR count). The molecule has 2 unspecified atom stereocenters. The Morgan fingerprint density at radius 2 is 2.00 bits per heavy atom. The van der Waals surface area contributed by atoms with Crippen LogP contribution in [0.4, 0.5) is 0 Å². The maximum absolute atomic E-state index is 3.84. The first-order valence-corrected chi connectivity index (χ1v) is 9.90. The van der Waals surface area contributed by atoms with Crippen LogP contribution >= 0.6 is 11.8 Å². The van der Waals surface area contributed by atoms with E-state index in [4.69, 9.17) is 0 Å². The zero-order chi connectivity index (χ0) is 15.5. The van der Waals surface area contributed by atoms with Gasteiger partial charge in [-0.25, -0.2) is 0 Å². The molecule has 3 heteroatoms. The minimum absolute atomic E-state index is 0.439. The van der Waals surface area contributed by atoms with Crippen molar-refractivity contribution in [3.05, 3.63) is 0 Å². The second kappa shape index (κ2) is 7.23. The molecule has 1 aliphatic heterocycles. The molecular weight excluding hydrogens is 276 g/mol. The van der Waals surface area contributed by atoms with Crippen molar-refractivity contribution in [3.8, 4) is 0 Å². The number of hydrogen-bond donors (Lipinski definition) is 1. The molecule has 1 N–H and O–H groups in total. The summed E-state index contributed by atoms with van der Waals surface area (Å²) < 4.78 is 0.439. The lowest BCUT2D eigenvalue weighted by atomic mass is 9.69. The van der Waals surface area contributed by atoms with Crippen molar-refractivity contribution in [1.82, 2.24) is 10.2 Å². The first kappa shape index (κ1) is 17.6. The van der Waals surface area contributed by atoms with Gasteiger partial charge in [0, 0.05) is 36.2 Å². The highest BCUT2D eigenvalue weighted by Crippen LogP contribution is 2.40. The van der Waals surface area contributed by atoms with Gasteiger partial charge in [-0.1, -0.05) is 20.8 Å². The third-order valence-corrected chi connectivity index (χ3v) is 6.47. The fourth-order valence-corrected chi connectivity index (χ4v) is 5.30. The van der Waals surface area contributed by atoms with E-state index in [9.17, 15) is 0 Å². The first-order valence-electron chi connectivity index (χ1n) is 8.91. The zero-order valence-electron chi connectivity index (χ0n) is 14.9. The lowest BCUT2D eigenvalue weighted by Gasteiger charge is -2.45. The van der Waals surface area contributed by atoms with Gasteiger partial charge in [0.2, 0.25) is 0 Å². The maximum atomic E-state index is 3.84. The van der Waals surface area contributed by atoms with Gasteiger partial charge in [0.15, 0.2) is 0 Å². The lowest BCUT2D eigenvalue weighted by molar-refractivity contribution is 0.0979. The van der Waals surface area contributed by atoms with Gasteiger partial charge >= 0.3 is 0 Å². The van der Waals surface area contributed by atoms with E-state index in [1.54, 1.807) is 0 Å². The van der Waals surface area contributed by atoms with Gasteiger partial charge in [0.25, 0.3) is 0 Å². The molecule has 0 spiro atoms. The van der Waals surface area contributed by atoms with Crippen molar-refractivity contribution in [3.63, 3.8) is 0 Å². The van der Waals surface area contributed by atoms with Crippen LogP contribution in [0.5, 0.6) is 0 Å². The third kappa shape index (κ3) is 5.44. The average molecular weight is 313 g/mol. The van der Waals surface area contributed by atoms with Crippen LogP contribution in [-0.2, 0) is 0 Å². The molecule has 1 saturated heterocycles. The van der Waals surface area contributed by atoms with Crippen molar-refractivity contribution in [2.75, 3.05) is 31.9 Å². The van der Waals surface area contributed by atoms with Crippen molar-refractivity contribution in [1.29, 1.82) is 0 Å². The highest BCUT2D eigenvalue weighted by Gasteiger charge is 2.37. The third-order valence-electron chi connectivity index (χ3n) is 5.17. The molecule has 2 atom stereocenters. The topological polar surface area (TPSA) is 15.3 Å². The van der Waals surface area contributed by atoms with Crippen LogP contribution in [0, 0.1) is 11.3 Å². The molecule has 1 heterocycles. The van der Waals surface area contributed by atoms with Crippen LogP contribution < -0.4 is 5.32 Å². The fraction of sp³-hybridized carbons (Fsp3) is 1.00. The fourth-order valence-electron chi connectivity index (χ4n) is 4.13. The summed E-state index contributed by atoms with van der Waals surface area (Å²) in [5, 5.41) is 3.84. The van der Waals surface area contributed by atoms with Gasteiger partial charge in [-0.3, -0.25) is 0 Å². The van der Waals surface area contributed by atoms with E-state index in [-0.39, 0.29) is 0 Å². The van der Waals surface area contributed by atoms with E-state index in [2.05, 4.69) is 56.6 Å². The van der Waals surface area contributed by atoms with Crippen molar-refractivity contribution in [2.24, 2.45) is 11.3 Å². The molecule has 0 aromatic rings. The summed E-state index contributed by atoms with van der Waals surface area (Å²) in [6.07, 6.45) is 5.38. The Balaban J connectivity index is 1.95. The van der Waals surface area contributed by atoms with Crippen LogP contribution in [0.25, 0.3) is 0 Å². The summed E-state index contributed by atoms with van der Waals surface area (Å²) in [5.74, 6) is 2.13.